The van der Waals surface area contributed by atoms with Gasteiger partial charge in [0, 0.05) is 18.5 Å². The summed E-state index contributed by atoms with van der Waals surface area (Å²) in [5.41, 5.74) is 1.80. The van der Waals surface area contributed by atoms with Gasteiger partial charge in [-0.15, -0.1) is 6.58 Å². The summed E-state index contributed by atoms with van der Waals surface area (Å²) < 4.78 is 15.5. The van der Waals surface area contributed by atoms with Crippen molar-refractivity contribution in [3.8, 4) is 11.5 Å². The maximum Gasteiger partial charge on any atom is 0.407 e. The molecule has 1 aliphatic rings. The first-order valence-corrected chi connectivity index (χ1v) is 7.64. The predicted molar refractivity (Wildman–Crippen MR) is 88.2 cm³/mol. The Labute approximate surface area is 141 Å². The van der Waals surface area contributed by atoms with Crippen LogP contribution < -0.4 is 20.1 Å². The van der Waals surface area contributed by atoms with Gasteiger partial charge < -0.3 is 24.8 Å². The number of alkyl carbamates (subject to hydrolysis) is 1. The van der Waals surface area contributed by atoms with Crippen LogP contribution in [0.5, 0.6) is 11.5 Å². The van der Waals surface area contributed by atoms with Gasteiger partial charge in [0.25, 0.3) is 0 Å². The second kappa shape index (κ2) is 8.24. The van der Waals surface area contributed by atoms with E-state index in [-0.39, 0.29) is 12.5 Å². The molecule has 0 aromatic heterocycles. The maximum atomic E-state index is 12.2. The minimum absolute atomic E-state index is 0.240. The molecule has 1 atom stereocenters. The molecule has 130 valence electrons. The van der Waals surface area contributed by atoms with Crippen LogP contribution in [-0.2, 0) is 22.5 Å². The summed E-state index contributed by atoms with van der Waals surface area (Å²) in [4.78, 5) is 23.3. The molecule has 1 heterocycles. The van der Waals surface area contributed by atoms with Crippen LogP contribution in [0.25, 0.3) is 0 Å². The number of rotatable bonds is 7. The number of carbonyl (C=O) groups excluding carboxylic acids is 2. The lowest BCUT2D eigenvalue weighted by Crippen LogP contribution is -2.50. The second-order valence-corrected chi connectivity index (χ2v) is 5.32. The van der Waals surface area contributed by atoms with E-state index < -0.39 is 12.1 Å². The maximum absolute atomic E-state index is 12.2. The van der Waals surface area contributed by atoms with Crippen molar-refractivity contribution in [2.45, 2.75) is 25.4 Å². The molecule has 2 amide bonds. The van der Waals surface area contributed by atoms with Crippen molar-refractivity contribution in [1.82, 2.24) is 10.6 Å². The minimum atomic E-state index is -0.570. The summed E-state index contributed by atoms with van der Waals surface area (Å²) >= 11 is 0. The molecule has 0 saturated carbocycles. The van der Waals surface area contributed by atoms with Crippen molar-refractivity contribution in [1.29, 1.82) is 0 Å². The Bertz CT molecular complexity index is 630. The van der Waals surface area contributed by atoms with Crippen molar-refractivity contribution >= 4 is 12.0 Å². The lowest BCUT2D eigenvalue weighted by Gasteiger charge is -2.22. The molecule has 7 heteroatoms. The number of hydrogen-bond donors (Lipinski definition) is 2. The third-order valence-corrected chi connectivity index (χ3v) is 3.69. The van der Waals surface area contributed by atoms with Crippen LogP contribution in [0.4, 0.5) is 4.79 Å². The standard InChI is InChI=1S/C17H22N2O5/c1-4-5-12-8-11(9-14(22-2)15(12)23-3)10-18-16(20)13-6-7-24-17(21)19-13/h4,8-9,13H,1,5-7,10H2,2-3H3,(H,18,20)(H,19,21)/t13-/m1/s1. The number of ether oxygens (including phenoxy) is 3. The molecule has 1 aromatic rings. The van der Waals surface area contributed by atoms with Crippen molar-refractivity contribution < 1.29 is 23.8 Å². The Morgan fingerprint density at radius 3 is 2.88 bits per heavy atom. The van der Waals surface area contributed by atoms with Gasteiger partial charge in [0.1, 0.15) is 6.04 Å². The number of benzene rings is 1. The zero-order chi connectivity index (χ0) is 17.5. The van der Waals surface area contributed by atoms with Crippen LogP contribution >= 0.6 is 0 Å². The van der Waals surface area contributed by atoms with Crippen LogP contribution in [0.15, 0.2) is 24.8 Å². The fourth-order valence-electron chi connectivity index (χ4n) is 2.55. The van der Waals surface area contributed by atoms with Gasteiger partial charge >= 0.3 is 6.09 Å². The Morgan fingerprint density at radius 1 is 1.46 bits per heavy atom. The molecule has 1 aromatic carbocycles. The number of hydrogen-bond acceptors (Lipinski definition) is 5. The average molecular weight is 334 g/mol. The SMILES string of the molecule is C=CCc1cc(CNC(=O)[C@H]2CCOC(=O)N2)cc(OC)c1OC. The van der Waals surface area contributed by atoms with Gasteiger partial charge in [0.05, 0.1) is 20.8 Å². The number of allylic oxidation sites excluding steroid dienone is 1. The fourth-order valence-corrected chi connectivity index (χ4v) is 2.55. The van der Waals surface area contributed by atoms with E-state index in [0.29, 0.717) is 30.9 Å². The second-order valence-electron chi connectivity index (χ2n) is 5.32. The zero-order valence-electron chi connectivity index (χ0n) is 13.9. The van der Waals surface area contributed by atoms with Gasteiger partial charge in [0.15, 0.2) is 11.5 Å². The van der Waals surface area contributed by atoms with Crippen molar-refractivity contribution in [2.24, 2.45) is 0 Å². The quantitative estimate of drug-likeness (QED) is 0.739. The van der Waals surface area contributed by atoms with Crippen molar-refractivity contribution in [3.05, 3.63) is 35.9 Å². The molecule has 0 aliphatic carbocycles. The Morgan fingerprint density at radius 2 is 2.25 bits per heavy atom. The summed E-state index contributed by atoms with van der Waals surface area (Å²) in [6.45, 7) is 4.30. The normalized spacial score (nSPS) is 16.6. The van der Waals surface area contributed by atoms with Gasteiger partial charge in [-0.2, -0.15) is 0 Å². The molecular formula is C17H22N2O5. The minimum Gasteiger partial charge on any atom is -0.493 e. The molecule has 7 nitrogen and oxygen atoms in total. The first-order valence-electron chi connectivity index (χ1n) is 7.64. The third kappa shape index (κ3) is 4.18. The van der Waals surface area contributed by atoms with E-state index in [1.165, 1.54) is 0 Å². The predicted octanol–water partition coefficient (Wildman–Crippen LogP) is 1.55. The first kappa shape index (κ1) is 17.7. The zero-order valence-corrected chi connectivity index (χ0v) is 13.9. The highest BCUT2D eigenvalue weighted by Crippen LogP contribution is 2.33. The van der Waals surface area contributed by atoms with Crippen molar-refractivity contribution in [3.63, 3.8) is 0 Å². The molecule has 1 fully saturated rings. The summed E-state index contributed by atoms with van der Waals surface area (Å²) in [5.74, 6) is 1.01. The van der Waals surface area contributed by atoms with E-state index in [2.05, 4.69) is 17.2 Å². The highest BCUT2D eigenvalue weighted by atomic mass is 16.6. The third-order valence-electron chi connectivity index (χ3n) is 3.69. The van der Waals surface area contributed by atoms with Crippen LogP contribution in [0, 0.1) is 0 Å². The van der Waals surface area contributed by atoms with E-state index in [0.717, 1.165) is 11.1 Å². The highest BCUT2D eigenvalue weighted by molar-refractivity contribution is 5.86. The Hall–Kier alpha value is -2.70. The van der Waals surface area contributed by atoms with E-state index >= 15 is 0 Å². The van der Waals surface area contributed by atoms with E-state index in [1.54, 1.807) is 20.3 Å². The Balaban J connectivity index is 2.08. The van der Waals surface area contributed by atoms with E-state index in [1.807, 2.05) is 12.1 Å². The van der Waals surface area contributed by atoms with Crippen LogP contribution in [0.2, 0.25) is 0 Å². The molecule has 1 aliphatic heterocycles. The number of amides is 2. The summed E-state index contributed by atoms with van der Waals surface area (Å²) in [7, 11) is 3.15. The number of methoxy groups -OCH3 is 2. The van der Waals surface area contributed by atoms with Crippen molar-refractivity contribution in [2.75, 3.05) is 20.8 Å². The molecular weight excluding hydrogens is 312 g/mol. The number of carbonyl (C=O) groups is 2. The molecule has 1 saturated heterocycles. The van der Waals surface area contributed by atoms with Crippen LogP contribution in [0.3, 0.4) is 0 Å². The van der Waals surface area contributed by atoms with Gasteiger partial charge in [-0.1, -0.05) is 6.08 Å². The monoisotopic (exact) mass is 334 g/mol. The average Bonchev–Trinajstić information content (AvgIpc) is 2.59. The molecule has 2 N–H and O–H groups in total. The topological polar surface area (TPSA) is 85.9 Å². The number of nitrogens with one attached hydrogen (secondary N) is 2. The molecule has 24 heavy (non-hydrogen) atoms. The van der Waals surface area contributed by atoms with Gasteiger partial charge in [-0.3, -0.25) is 4.79 Å². The molecule has 0 spiro atoms. The van der Waals surface area contributed by atoms with Gasteiger partial charge in [-0.05, 0) is 24.1 Å². The first-order chi connectivity index (χ1) is 11.6. The summed E-state index contributed by atoms with van der Waals surface area (Å²) in [6, 6.07) is 3.18. The highest BCUT2D eigenvalue weighted by Gasteiger charge is 2.25. The fraction of sp³-hybridized carbons (Fsp3) is 0.412. The van der Waals surface area contributed by atoms with Crippen LogP contribution in [-0.4, -0.2) is 38.9 Å². The van der Waals surface area contributed by atoms with Gasteiger partial charge in [-0.25, -0.2) is 4.79 Å². The molecule has 0 radical (unpaired) electrons. The molecule has 0 unspecified atom stereocenters. The summed E-state index contributed by atoms with van der Waals surface area (Å²) in [6.07, 6.45) is 2.28. The van der Waals surface area contributed by atoms with Crippen LogP contribution in [0.1, 0.15) is 17.5 Å². The van der Waals surface area contributed by atoms with E-state index in [9.17, 15) is 9.59 Å². The van der Waals surface area contributed by atoms with Gasteiger partial charge in [0.2, 0.25) is 5.91 Å². The number of cyclic esters (lactones) is 1. The Kier molecular flexibility index (Phi) is 6.06. The smallest absolute Gasteiger partial charge is 0.407 e. The molecule has 2 rings (SSSR count). The lowest BCUT2D eigenvalue weighted by molar-refractivity contribution is -0.124. The lowest BCUT2D eigenvalue weighted by atomic mass is 10.1. The molecule has 0 bridgehead atoms. The summed E-state index contributed by atoms with van der Waals surface area (Å²) in [5, 5.41) is 5.31. The largest absolute Gasteiger partial charge is 0.493 e. The van der Waals surface area contributed by atoms with E-state index in [4.69, 9.17) is 14.2 Å².